The number of nitrogens with one attached hydrogen (secondary N) is 1. The molecule has 3 aliphatic heterocycles. The minimum absolute atomic E-state index is 0.141. The number of amides is 1. The van der Waals surface area contributed by atoms with Gasteiger partial charge in [0.2, 0.25) is 0 Å². The van der Waals surface area contributed by atoms with Crippen LogP contribution in [0.25, 0.3) is 10.8 Å². The largest absolute Gasteiger partial charge is 0.497 e. The van der Waals surface area contributed by atoms with Crippen LogP contribution < -0.4 is 10.1 Å². The van der Waals surface area contributed by atoms with Crippen LogP contribution in [-0.4, -0.2) is 42.1 Å². The fourth-order valence-corrected chi connectivity index (χ4v) is 8.57. The first-order valence-electron chi connectivity index (χ1n) is 13.6. The predicted molar refractivity (Wildman–Crippen MR) is 152 cm³/mol. The molecule has 2 spiro atoms. The molecule has 3 heterocycles. The summed E-state index contributed by atoms with van der Waals surface area (Å²) in [6.07, 6.45) is 1.53. The number of benzene rings is 4. The summed E-state index contributed by atoms with van der Waals surface area (Å²) in [5.74, 6) is -0.740. The van der Waals surface area contributed by atoms with Gasteiger partial charge in [-0.1, -0.05) is 48.0 Å². The van der Waals surface area contributed by atoms with Crippen molar-refractivity contribution >= 4 is 45.5 Å². The molecule has 0 bridgehead atoms. The maximum atomic E-state index is 15.2. The first-order chi connectivity index (χ1) is 19.4. The van der Waals surface area contributed by atoms with Gasteiger partial charge in [-0.15, -0.1) is 0 Å². The summed E-state index contributed by atoms with van der Waals surface area (Å²) >= 11 is 6.58. The van der Waals surface area contributed by atoms with Gasteiger partial charge >= 0.3 is 0 Å². The van der Waals surface area contributed by atoms with Gasteiger partial charge in [-0.3, -0.25) is 19.3 Å². The lowest BCUT2D eigenvalue weighted by molar-refractivity contribution is -0.128. The number of anilines is 1. The monoisotopic (exact) mass is 548 g/mol. The van der Waals surface area contributed by atoms with Crippen LogP contribution in [0.1, 0.15) is 44.7 Å². The third kappa shape index (κ3) is 2.57. The summed E-state index contributed by atoms with van der Waals surface area (Å²) in [6, 6.07) is 23.6. The normalized spacial score (nSPS) is 27.9. The second kappa shape index (κ2) is 8.03. The number of carbonyl (C=O) groups is 3. The average Bonchev–Trinajstić information content (AvgIpc) is 3.69. The molecule has 0 saturated carbocycles. The lowest BCUT2D eigenvalue weighted by atomic mass is 9.56. The van der Waals surface area contributed by atoms with E-state index in [1.54, 1.807) is 43.5 Å². The number of rotatable bonds is 3. The lowest BCUT2D eigenvalue weighted by Gasteiger charge is -2.44. The molecule has 40 heavy (non-hydrogen) atoms. The first-order valence-corrected chi connectivity index (χ1v) is 14.0. The van der Waals surface area contributed by atoms with Crippen LogP contribution in [-0.2, 0) is 15.7 Å². The van der Waals surface area contributed by atoms with Crippen LogP contribution in [0.3, 0.4) is 0 Å². The van der Waals surface area contributed by atoms with Gasteiger partial charge in [0.05, 0.1) is 13.0 Å². The summed E-state index contributed by atoms with van der Waals surface area (Å²) in [7, 11) is 1.58. The van der Waals surface area contributed by atoms with E-state index in [0.29, 0.717) is 46.1 Å². The van der Waals surface area contributed by atoms with E-state index in [9.17, 15) is 9.59 Å². The summed E-state index contributed by atoms with van der Waals surface area (Å²) in [5.41, 5.74) is 0.200. The Hall–Kier alpha value is -4.00. The van der Waals surface area contributed by atoms with Gasteiger partial charge in [-0.25, -0.2) is 0 Å². The molecule has 7 heteroatoms. The van der Waals surface area contributed by atoms with Crippen LogP contribution >= 0.6 is 11.6 Å². The van der Waals surface area contributed by atoms with Crippen LogP contribution in [0, 0.1) is 5.92 Å². The van der Waals surface area contributed by atoms with Gasteiger partial charge in [0.25, 0.3) is 5.91 Å². The second-order valence-corrected chi connectivity index (χ2v) is 11.6. The molecular formula is C33H25ClN2O4. The van der Waals surface area contributed by atoms with Gasteiger partial charge in [0.1, 0.15) is 16.7 Å². The van der Waals surface area contributed by atoms with Crippen molar-refractivity contribution in [1.82, 2.24) is 4.90 Å². The van der Waals surface area contributed by atoms with Crippen molar-refractivity contribution in [2.45, 2.75) is 29.8 Å². The Labute approximate surface area is 235 Å². The van der Waals surface area contributed by atoms with E-state index in [2.05, 4.69) is 10.2 Å². The SMILES string of the molecule is COc1ccc(C(=O)[C@H]2C3CCCN3[C@@]3(C(=O)Nc4ccc(Cl)cc43)[C@]23C(=O)c2cccc4cccc3c24)cc1. The van der Waals surface area contributed by atoms with Crippen LogP contribution in [0.2, 0.25) is 5.02 Å². The molecule has 0 radical (unpaired) electrons. The maximum absolute atomic E-state index is 15.2. The number of halogens is 1. The van der Waals surface area contributed by atoms with Gasteiger partial charge < -0.3 is 10.1 Å². The molecular weight excluding hydrogens is 524 g/mol. The van der Waals surface area contributed by atoms with E-state index in [4.69, 9.17) is 16.3 Å². The Bertz CT molecular complexity index is 1800. The number of methoxy groups -OCH3 is 1. The molecule has 8 rings (SSSR count). The lowest BCUT2D eigenvalue weighted by Crippen LogP contribution is -2.62. The summed E-state index contributed by atoms with van der Waals surface area (Å²) in [4.78, 5) is 46.7. The minimum Gasteiger partial charge on any atom is -0.497 e. The third-order valence-corrected chi connectivity index (χ3v) is 9.92. The van der Waals surface area contributed by atoms with Crippen molar-refractivity contribution < 1.29 is 19.1 Å². The molecule has 6 nitrogen and oxygen atoms in total. The zero-order valence-corrected chi connectivity index (χ0v) is 22.5. The number of hydrogen-bond donors (Lipinski definition) is 1. The van der Waals surface area contributed by atoms with Gasteiger partial charge in [-0.05, 0) is 78.2 Å². The number of hydrogen-bond acceptors (Lipinski definition) is 5. The van der Waals surface area contributed by atoms with Gasteiger partial charge in [0, 0.05) is 33.4 Å². The smallest absolute Gasteiger partial charge is 0.251 e. The fraction of sp³-hybridized carbons (Fsp3) is 0.242. The van der Waals surface area contributed by atoms with Crippen molar-refractivity contribution in [3.8, 4) is 5.75 Å². The number of ketones is 2. The topological polar surface area (TPSA) is 75.7 Å². The standard InChI is InChI=1S/C33H25ClN2O4/c1-40-21-13-10-19(11-14-21)29(37)28-26-9-4-16-36(26)33(24-17-20(34)12-15-25(24)35-31(33)39)32(28)23-8-3-6-18-5-2-7-22(27(18)23)30(32)38/h2-3,5-8,10-15,17,26,28H,4,9,16H2,1H3,(H,35,39)/t26?,28-,32+,33+/m1/s1. The van der Waals surface area contributed by atoms with Crippen molar-refractivity contribution in [2.75, 3.05) is 19.0 Å². The molecule has 4 atom stereocenters. The highest BCUT2D eigenvalue weighted by atomic mass is 35.5. The van der Waals surface area contributed by atoms with Crippen molar-refractivity contribution in [3.05, 3.63) is 106 Å². The number of ether oxygens (including phenoxy) is 1. The highest BCUT2D eigenvalue weighted by molar-refractivity contribution is 6.31. The van der Waals surface area contributed by atoms with Crippen molar-refractivity contribution in [1.29, 1.82) is 0 Å². The predicted octanol–water partition coefficient (Wildman–Crippen LogP) is 5.76. The molecule has 0 aromatic heterocycles. The molecule has 1 aliphatic carbocycles. The molecule has 1 unspecified atom stereocenters. The summed E-state index contributed by atoms with van der Waals surface area (Å²) in [6.45, 7) is 0.595. The van der Waals surface area contributed by atoms with Crippen LogP contribution in [0.15, 0.2) is 78.9 Å². The zero-order valence-electron chi connectivity index (χ0n) is 21.7. The van der Waals surface area contributed by atoms with E-state index >= 15 is 4.79 Å². The maximum Gasteiger partial charge on any atom is 0.251 e. The molecule has 1 amide bonds. The first kappa shape index (κ1) is 23.9. The summed E-state index contributed by atoms with van der Waals surface area (Å²) in [5, 5.41) is 5.32. The van der Waals surface area contributed by atoms with E-state index in [-0.39, 0.29) is 23.5 Å². The molecule has 4 aromatic rings. The van der Waals surface area contributed by atoms with E-state index in [0.717, 1.165) is 22.8 Å². The Morgan fingerprint density at radius 2 is 1.77 bits per heavy atom. The molecule has 4 aliphatic rings. The number of carbonyl (C=O) groups excluding carboxylic acids is 3. The minimum atomic E-state index is -1.47. The van der Waals surface area contributed by atoms with E-state index in [1.165, 1.54) is 0 Å². The Kier molecular flexibility index (Phi) is 4.79. The number of nitrogens with zero attached hydrogens (tertiary/aromatic N) is 1. The third-order valence-electron chi connectivity index (χ3n) is 9.69. The Morgan fingerprint density at radius 3 is 2.55 bits per heavy atom. The summed E-state index contributed by atoms with van der Waals surface area (Å²) < 4.78 is 5.34. The number of Topliss-reactive ketones (excluding diaryl/α,β-unsaturated/α-hetero) is 2. The van der Waals surface area contributed by atoms with E-state index < -0.39 is 16.9 Å². The van der Waals surface area contributed by atoms with Crippen molar-refractivity contribution in [3.63, 3.8) is 0 Å². The highest BCUT2D eigenvalue weighted by Crippen LogP contribution is 2.69. The van der Waals surface area contributed by atoms with Gasteiger partial charge in [-0.2, -0.15) is 0 Å². The second-order valence-electron chi connectivity index (χ2n) is 11.2. The van der Waals surface area contributed by atoms with E-state index in [1.807, 2.05) is 42.5 Å². The molecule has 4 aromatic carbocycles. The zero-order chi connectivity index (χ0) is 27.4. The fourth-order valence-electron chi connectivity index (χ4n) is 8.40. The Morgan fingerprint density at radius 1 is 1.00 bits per heavy atom. The van der Waals surface area contributed by atoms with Crippen LogP contribution in [0.4, 0.5) is 5.69 Å². The quantitative estimate of drug-likeness (QED) is 0.329. The van der Waals surface area contributed by atoms with Crippen LogP contribution in [0.5, 0.6) is 5.75 Å². The Balaban J connectivity index is 1.50. The molecule has 2 saturated heterocycles. The van der Waals surface area contributed by atoms with Gasteiger partial charge in [0.15, 0.2) is 11.6 Å². The number of fused-ring (bicyclic) bond motifs is 6. The molecule has 2 fully saturated rings. The highest BCUT2D eigenvalue weighted by Gasteiger charge is 2.80. The average molecular weight is 549 g/mol. The molecule has 1 N–H and O–H groups in total. The van der Waals surface area contributed by atoms with Crippen molar-refractivity contribution in [2.24, 2.45) is 5.92 Å². The molecule has 198 valence electrons.